The number of hydrogen-bond acceptors (Lipinski definition) is 4. The van der Waals surface area contributed by atoms with Gasteiger partial charge in [0.25, 0.3) is 5.69 Å². The van der Waals surface area contributed by atoms with E-state index in [9.17, 15) is 19.3 Å². The lowest BCUT2D eigenvalue weighted by Gasteiger charge is -2.13. The molecule has 1 unspecified atom stereocenters. The zero-order valence-corrected chi connectivity index (χ0v) is 10.8. The molecule has 7 heteroatoms. The molecule has 0 heterocycles. The Hall–Kier alpha value is -2.80. The number of hydrogen-bond donors (Lipinski definition) is 2. The largest absolute Gasteiger partial charge is 0.316 e. The fourth-order valence-electron chi connectivity index (χ4n) is 1.80. The first-order valence-corrected chi connectivity index (χ1v) is 6.05. The minimum Gasteiger partial charge on any atom is -0.316 e. The van der Waals surface area contributed by atoms with E-state index in [1.54, 1.807) is 30.3 Å². The standard InChI is InChI=1S/C14H12FN3O3/c15-10-7-4-8-11(18(20)21)13(10)17-14(19)12(16)9-5-2-1-3-6-9/h1-8,12H,16H2,(H,17,19). The van der Waals surface area contributed by atoms with Crippen molar-refractivity contribution in [1.82, 2.24) is 0 Å². The van der Waals surface area contributed by atoms with Gasteiger partial charge in [-0.25, -0.2) is 4.39 Å². The summed E-state index contributed by atoms with van der Waals surface area (Å²) >= 11 is 0. The molecule has 2 rings (SSSR count). The van der Waals surface area contributed by atoms with Crippen LogP contribution in [0.3, 0.4) is 0 Å². The molecule has 0 fully saturated rings. The van der Waals surface area contributed by atoms with Crippen molar-refractivity contribution >= 4 is 17.3 Å². The Kier molecular flexibility index (Phi) is 4.24. The average molecular weight is 289 g/mol. The molecular formula is C14H12FN3O3. The average Bonchev–Trinajstić information content (AvgIpc) is 2.49. The van der Waals surface area contributed by atoms with Crippen molar-refractivity contribution in [2.24, 2.45) is 5.73 Å². The molecule has 21 heavy (non-hydrogen) atoms. The number of benzene rings is 2. The van der Waals surface area contributed by atoms with Crippen LogP contribution in [-0.2, 0) is 4.79 Å². The Balaban J connectivity index is 2.26. The van der Waals surface area contributed by atoms with Gasteiger partial charge in [-0.1, -0.05) is 36.4 Å². The molecule has 2 aromatic rings. The summed E-state index contributed by atoms with van der Waals surface area (Å²) < 4.78 is 13.7. The first-order chi connectivity index (χ1) is 10.0. The van der Waals surface area contributed by atoms with Crippen LogP contribution in [0.4, 0.5) is 15.8 Å². The van der Waals surface area contributed by atoms with E-state index in [1.165, 1.54) is 6.07 Å². The molecule has 0 bridgehead atoms. The molecule has 0 aliphatic heterocycles. The van der Waals surface area contributed by atoms with Gasteiger partial charge in [-0.2, -0.15) is 0 Å². The smallest absolute Gasteiger partial charge is 0.295 e. The normalized spacial score (nSPS) is 11.7. The summed E-state index contributed by atoms with van der Waals surface area (Å²) in [6, 6.07) is 10.7. The van der Waals surface area contributed by atoms with Gasteiger partial charge in [0.05, 0.1) is 4.92 Å². The van der Waals surface area contributed by atoms with E-state index in [2.05, 4.69) is 5.32 Å². The van der Waals surface area contributed by atoms with Gasteiger partial charge in [0.1, 0.15) is 6.04 Å². The minimum absolute atomic E-state index is 0.487. The topological polar surface area (TPSA) is 98.3 Å². The Morgan fingerprint density at radius 3 is 2.48 bits per heavy atom. The van der Waals surface area contributed by atoms with Crippen LogP contribution in [0.5, 0.6) is 0 Å². The predicted octanol–water partition coefficient (Wildman–Crippen LogP) is 2.37. The van der Waals surface area contributed by atoms with E-state index < -0.39 is 34.1 Å². The van der Waals surface area contributed by atoms with Crippen LogP contribution in [0.15, 0.2) is 48.5 Å². The molecule has 3 N–H and O–H groups in total. The zero-order chi connectivity index (χ0) is 15.4. The summed E-state index contributed by atoms with van der Waals surface area (Å²) in [5.41, 5.74) is 5.27. The number of nitro groups is 1. The molecule has 0 aliphatic carbocycles. The molecule has 108 valence electrons. The molecular weight excluding hydrogens is 277 g/mol. The SMILES string of the molecule is NC(C(=O)Nc1c(F)cccc1[N+](=O)[O-])c1ccccc1. The minimum atomic E-state index is -1.05. The van der Waals surface area contributed by atoms with Gasteiger partial charge in [-0.15, -0.1) is 0 Å². The maximum atomic E-state index is 13.7. The van der Waals surface area contributed by atoms with E-state index in [1.807, 2.05) is 0 Å². The molecule has 0 spiro atoms. The fourth-order valence-corrected chi connectivity index (χ4v) is 1.80. The summed E-state index contributed by atoms with van der Waals surface area (Å²) in [5.74, 6) is -1.62. The van der Waals surface area contributed by atoms with E-state index >= 15 is 0 Å². The number of nitrogens with two attached hydrogens (primary N) is 1. The second kappa shape index (κ2) is 6.10. The predicted molar refractivity (Wildman–Crippen MR) is 75.1 cm³/mol. The second-order valence-corrected chi connectivity index (χ2v) is 4.27. The Morgan fingerprint density at radius 2 is 1.86 bits per heavy atom. The third kappa shape index (κ3) is 3.21. The molecule has 0 aliphatic rings. The summed E-state index contributed by atoms with van der Waals surface area (Å²) in [6.45, 7) is 0. The second-order valence-electron chi connectivity index (χ2n) is 4.27. The van der Waals surface area contributed by atoms with Gasteiger partial charge in [-0.3, -0.25) is 14.9 Å². The number of amides is 1. The number of rotatable bonds is 4. The molecule has 0 aromatic heterocycles. The number of nitro benzene ring substituents is 1. The molecule has 6 nitrogen and oxygen atoms in total. The molecule has 0 radical (unpaired) electrons. The summed E-state index contributed by atoms with van der Waals surface area (Å²) in [7, 11) is 0. The van der Waals surface area contributed by atoms with Gasteiger partial charge in [0.2, 0.25) is 5.91 Å². The monoisotopic (exact) mass is 289 g/mol. The summed E-state index contributed by atoms with van der Waals surface area (Å²) in [5, 5.41) is 13.0. The maximum Gasteiger partial charge on any atom is 0.295 e. The van der Waals surface area contributed by atoms with E-state index in [0.29, 0.717) is 5.56 Å². The molecule has 1 atom stereocenters. The van der Waals surface area contributed by atoms with Gasteiger partial charge in [-0.05, 0) is 11.6 Å². The van der Waals surface area contributed by atoms with Crippen LogP contribution in [0.25, 0.3) is 0 Å². The molecule has 0 saturated heterocycles. The van der Waals surface area contributed by atoms with Crippen molar-refractivity contribution in [2.75, 3.05) is 5.32 Å². The maximum absolute atomic E-state index is 13.7. The quantitative estimate of drug-likeness (QED) is 0.666. The van der Waals surface area contributed by atoms with Crippen LogP contribution in [0.2, 0.25) is 0 Å². The number of halogens is 1. The number of para-hydroxylation sites is 1. The first kappa shape index (κ1) is 14.6. The van der Waals surface area contributed by atoms with Crippen molar-refractivity contribution < 1.29 is 14.1 Å². The van der Waals surface area contributed by atoms with E-state index in [0.717, 1.165) is 12.1 Å². The fraction of sp³-hybridized carbons (Fsp3) is 0.0714. The van der Waals surface area contributed by atoms with Crippen LogP contribution in [0.1, 0.15) is 11.6 Å². The highest BCUT2D eigenvalue weighted by Gasteiger charge is 2.23. The van der Waals surface area contributed by atoms with Crippen molar-refractivity contribution in [3.05, 3.63) is 70.0 Å². The zero-order valence-electron chi connectivity index (χ0n) is 10.8. The van der Waals surface area contributed by atoms with Crippen LogP contribution < -0.4 is 11.1 Å². The Morgan fingerprint density at radius 1 is 1.19 bits per heavy atom. The number of carbonyl (C=O) groups excluding carboxylic acids is 1. The Bertz CT molecular complexity index is 676. The van der Waals surface area contributed by atoms with Crippen LogP contribution in [0, 0.1) is 15.9 Å². The third-order valence-electron chi connectivity index (χ3n) is 2.88. The van der Waals surface area contributed by atoms with E-state index in [-0.39, 0.29) is 0 Å². The Labute approximate surface area is 119 Å². The van der Waals surface area contributed by atoms with Crippen molar-refractivity contribution in [2.45, 2.75) is 6.04 Å². The highest BCUT2D eigenvalue weighted by molar-refractivity contribution is 5.97. The number of nitrogens with one attached hydrogen (secondary N) is 1. The lowest BCUT2D eigenvalue weighted by atomic mass is 10.1. The number of anilines is 1. The first-order valence-electron chi connectivity index (χ1n) is 6.05. The summed E-state index contributed by atoms with van der Waals surface area (Å²) in [6.07, 6.45) is 0. The molecule has 0 saturated carbocycles. The number of carbonyl (C=O) groups is 1. The lowest BCUT2D eigenvalue weighted by molar-refractivity contribution is -0.384. The van der Waals surface area contributed by atoms with Gasteiger partial charge < -0.3 is 11.1 Å². The van der Waals surface area contributed by atoms with Gasteiger partial charge in [0, 0.05) is 6.07 Å². The summed E-state index contributed by atoms with van der Waals surface area (Å²) in [4.78, 5) is 22.1. The van der Waals surface area contributed by atoms with Crippen molar-refractivity contribution in [3.8, 4) is 0 Å². The van der Waals surface area contributed by atoms with Gasteiger partial charge >= 0.3 is 0 Å². The van der Waals surface area contributed by atoms with Crippen LogP contribution in [-0.4, -0.2) is 10.8 Å². The van der Waals surface area contributed by atoms with Crippen molar-refractivity contribution in [3.63, 3.8) is 0 Å². The van der Waals surface area contributed by atoms with E-state index in [4.69, 9.17) is 5.73 Å². The number of nitrogens with zero attached hydrogens (tertiary/aromatic N) is 1. The molecule has 1 amide bonds. The lowest BCUT2D eigenvalue weighted by Crippen LogP contribution is -2.28. The van der Waals surface area contributed by atoms with Gasteiger partial charge in [0.15, 0.2) is 11.5 Å². The highest BCUT2D eigenvalue weighted by Crippen LogP contribution is 2.27. The van der Waals surface area contributed by atoms with Crippen molar-refractivity contribution in [1.29, 1.82) is 0 Å². The molecule has 2 aromatic carbocycles. The van der Waals surface area contributed by atoms with Crippen LogP contribution >= 0.6 is 0 Å². The third-order valence-corrected chi connectivity index (χ3v) is 2.88. The highest BCUT2D eigenvalue weighted by atomic mass is 19.1.